The molecule has 0 saturated heterocycles. The van der Waals surface area contributed by atoms with Crippen LogP contribution in [0, 0.1) is 23.7 Å². The SMILES string of the molecule is C#C/C=C\C(=C/C)C(O)CC#N. The lowest BCUT2D eigenvalue weighted by atomic mass is 10.1. The average molecular weight is 161 g/mol. The highest BCUT2D eigenvalue weighted by Gasteiger charge is 2.05. The van der Waals surface area contributed by atoms with E-state index in [0.717, 1.165) is 0 Å². The van der Waals surface area contributed by atoms with Gasteiger partial charge in [0.25, 0.3) is 0 Å². The highest BCUT2D eigenvalue weighted by molar-refractivity contribution is 5.27. The van der Waals surface area contributed by atoms with Crippen molar-refractivity contribution in [3.05, 3.63) is 23.8 Å². The Morgan fingerprint density at radius 2 is 2.42 bits per heavy atom. The van der Waals surface area contributed by atoms with Gasteiger partial charge < -0.3 is 5.11 Å². The molecular formula is C10H11NO. The molecule has 2 nitrogen and oxygen atoms in total. The summed E-state index contributed by atoms with van der Waals surface area (Å²) in [5.41, 5.74) is 0.675. The van der Waals surface area contributed by atoms with Gasteiger partial charge in [0.05, 0.1) is 18.6 Å². The van der Waals surface area contributed by atoms with Crippen LogP contribution in [0.25, 0.3) is 0 Å². The Morgan fingerprint density at radius 1 is 1.75 bits per heavy atom. The van der Waals surface area contributed by atoms with E-state index in [9.17, 15) is 5.11 Å². The molecule has 2 heteroatoms. The van der Waals surface area contributed by atoms with Crippen LogP contribution >= 0.6 is 0 Å². The second kappa shape index (κ2) is 6.22. The summed E-state index contributed by atoms with van der Waals surface area (Å²) in [6.45, 7) is 1.79. The van der Waals surface area contributed by atoms with Crippen molar-refractivity contribution in [2.75, 3.05) is 0 Å². The van der Waals surface area contributed by atoms with Gasteiger partial charge in [-0.3, -0.25) is 0 Å². The molecule has 1 unspecified atom stereocenters. The van der Waals surface area contributed by atoms with Gasteiger partial charge in [-0.05, 0) is 24.6 Å². The van der Waals surface area contributed by atoms with Crippen molar-refractivity contribution in [1.29, 1.82) is 5.26 Å². The first-order valence-electron chi connectivity index (χ1n) is 3.60. The molecule has 0 fully saturated rings. The number of terminal acetylenes is 1. The monoisotopic (exact) mass is 161 g/mol. The van der Waals surface area contributed by atoms with Crippen LogP contribution in [0.5, 0.6) is 0 Å². The fourth-order valence-corrected chi connectivity index (χ4v) is 0.748. The fourth-order valence-electron chi connectivity index (χ4n) is 0.748. The molecule has 0 aliphatic heterocycles. The predicted octanol–water partition coefficient (Wildman–Crippen LogP) is 1.40. The summed E-state index contributed by atoms with van der Waals surface area (Å²) in [5, 5.41) is 17.6. The third-order valence-electron chi connectivity index (χ3n) is 1.37. The maximum absolute atomic E-state index is 9.32. The van der Waals surface area contributed by atoms with Gasteiger partial charge in [-0.25, -0.2) is 0 Å². The van der Waals surface area contributed by atoms with Crippen molar-refractivity contribution in [2.24, 2.45) is 0 Å². The van der Waals surface area contributed by atoms with E-state index >= 15 is 0 Å². The van der Waals surface area contributed by atoms with Crippen LogP contribution in [0.1, 0.15) is 13.3 Å². The molecule has 0 amide bonds. The smallest absolute Gasteiger partial charge is 0.0916 e. The van der Waals surface area contributed by atoms with Crippen molar-refractivity contribution < 1.29 is 5.11 Å². The number of aliphatic hydroxyl groups excluding tert-OH is 1. The largest absolute Gasteiger partial charge is 0.387 e. The summed E-state index contributed by atoms with van der Waals surface area (Å²) < 4.78 is 0. The van der Waals surface area contributed by atoms with Crippen molar-refractivity contribution in [1.82, 2.24) is 0 Å². The van der Waals surface area contributed by atoms with Crippen LogP contribution in [0.15, 0.2) is 23.8 Å². The molecule has 0 aromatic rings. The number of aliphatic hydroxyl groups is 1. The fraction of sp³-hybridized carbons (Fsp3) is 0.300. The quantitative estimate of drug-likeness (QED) is 0.502. The molecule has 0 radical (unpaired) electrons. The zero-order chi connectivity index (χ0) is 9.40. The number of nitrogens with zero attached hydrogens (tertiary/aromatic N) is 1. The lowest BCUT2D eigenvalue weighted by molar-refractivity contribution is 0.220. The van der Waals surface area contributed by atoms with Crippen molar-refractivity contribution in [3.63, 3.8) is 0 Å². The molecule has 12 heavy (non-hydrogen) atoms. The summed E-state index contributed by atoms with van der Waals surface area (Å²) >= 11 is 0. The van der Waals surface area contributed by atoms with E-state index < -0.39 is 6.10 Å². The number of allylic oxidation sites excluding steroid dienone is 2. The predicted molar refractivity (Wildman–Crippen MR) is 48.0 cm³/mol. The summed E-state index contributed by atoms with van der Waals surface area (Å²) in [7, 11) is 0. The van der Waals surface area contributed by atoms with E-state index in [4.69, 9.17) is 11.7 Å². The zero-order valence-electron chi connectivity index (χ0n) is 6.99. The molecule has 0 heterocycles. The second-order valence-corrected chi connectivity index (χ2v) is 2.17. The number of rotatable bonds is 3. The first kappa shape index (κ1) is 10.5. The van der Waals surface area contributed by atoms with Gasteiger partial charge in [0.15, 0.2) is 0 Å². The van der Waals surface area contributed by atoms with Gasteiger partial charge in [-0.2, -0.15) is 5.26 Å². The van der Waals surface area contributed by atoms with Crippen molar-refractivity contribution >= 4 is 0 Å². The molecule has 0 aliphatic rings. The van der Waals surface area contributed by atoms with E-state index in [1.54, 1.807) is 19.1 Å². The number of hydrogen-bond donors (Lipinski definition) is 1. The lowest BCUT2D eigenvalue weighted by Crippen LogP contribution is -2.06. The van der Waals surface area contributed by atoms with Crippen LogP contribution in [-0.4, -0.2) is 11.2 Å². The minimum Gasteiger partial charge on any atom is -0.387 e. The van der Waals surface area contributed by atoms with E-state index in [1.807, 2.05) is 6.07 Å². The van der Waals surface area contributed by atoms with Crippen LogP contribution in [0.3, 0.4) is 0 Å². The molecular weight excluding hydrogens is 150 g/mol. The topological polar surface area (TPSA) is 44.0 Å². The molecule has 0 spiro atoms. The van der Waals surface area contributed by atoms with Crippen LogP contribution in [0.2, 0.25) is 0 Å². The van der Waals surface area contributed by atoms with E-state index in [-0.39, 0.29) is 6.42 Å². The molecule has 0 bridgehead atoms. The summed E-state index contributed by atoms with van der Waals surface area (Å²) in [6.07, 6.45) is 9.21. The Labute approximate surface area is 72.8 Å². The van der Waals surface area contributed by atoms with Gasteiger partial charge in [0.2, 0.25) is 0 Å². The number of nitriles is 1. The van der Waals surface area contributed by atoms with Gasteiger partial charge in [0.1, 0.15) is 0 Å². The van der Waals surface area contributed by atoms with Gasteiger partial charge in [-0.15, -0.1) is 6.42 Å². The minimum absolute atomic E-state index is 0.0918. The molecule has 0 aliphatic carbocycles. The normalized spacial score (nSPS) is 13.8. The van der Waals surface area contributed by atoms with Crippen LogP contribution in [-0.2, 0) is 0 Å². The summed E-state index contributed by atoms with van der Waals surface area (Å²) in [4.78, 5) is 0. The van der Waals surface area contributed by atoms with Gasteiger partial charge in [0, 0.05) is 0 Å². The third kappa shape index (κ3) is 3.61. The summed E-state index contributed by atoms with van der Waals surface area (Å²) in [6, 6.07) is 1.88. The maximum Gasteiger partial charge on any atom is 0.0916 e. The summed E-state index contributed by atoms with van der Waals surface area (Å²) in [5.74, 6) is 2.31. The molecule has 0 aromatic carbocycles. The van der Waals surface area contributed by atoms with Gasteiger partial charge in [-0.1, -0.05) is 12.0 Å². The molecule has 1 atom stereocenters. The molecule has 1 N–H and O–H groups in total. The first-order valence-corrected chi connectivity index (χ1v) is 3.60. The molecule has 0 saturated carbocycles. The third-order valence-corrected chi connectivity index (χ3v) is 1.37. The Balaban J connectivity index is 4.31. The molecule has 0 rings (SSSR count). The van der Waals surface area contributed by atoms with E-state index in [0.29, 0.717) is 5.57 Å². The van der Waals surface area contributed by atoms with Crippen molar-refractivity contribution in [3.8, 4) is 18.4 Å². The highest BCUT2D eigenvalue weighted by atomic mass is 16.3. The Morgan fingerprint density at radius 3 is 2.83 bits per heavy atom. The Hall–Kier alpha value is -1.51. The first-order chi connectivity index (χ1) is 5.76. The number of hydrogen-bond acceptors (Lipinski definition) is 2. The Kier molecular flexibility index (Phi) is 5.43. The van der Waals surface area contributed by atoms with Crippen molar-refractivity contribution in [2.45, 2.75) is 19.4 Å². The maximum atomic E-state index is 9.32. The van der Waals surface area contributed by atoms with Crippen LogP contribution < -0.4 is 0 Å². The van der Waals surface area contributed by atoms with Gasteiger partial charge >= 0.3 is 0 Å². The van der Waals surface area contributed by atoms with E-state index in [2.05, 4.69) is 5.92 Å². The second-order valence-electron chi connectivity index (χ2n) is 2.17. The highest BCUT2D eigenvalue weighted by Crippen LogP contribution is 2.06. The van der Waals surface area contributed by atoms with Crippen LogP contribution in [0.4, 0.5) is 0 Å². The Bertz CT molecular complexity index is 263. The van der Waals surface area contributed by atoms with E-state index in [1.165, 1.54) is 6.08 Å². The lowest BCUT2D eigenvalue weighted by Gasteiger charge is -2.05. The molecule has 62 valence electrons. The standard InChI is InChI=1S/C10H11NO/c1-3-5-6-9(4-2)10(12)7-8-11/h1,4-6,10,12H,7H2,2H3/b6-5-,9-4+. The average Bonchev–Trinajstić information content (AvgIpc) is 2.06. The zero-order valence-corrected chi connectivity index (χ0v) is 6.99. The minimum atomic E-state index is -0.732. The molecule has 0 aromatic heterocycles.